The molecule has 0 saturated heterocycles. The summed E-state index contributed by atoms with van der Waals surface area (Å²) in [4.78, 5) is 12.2. The van der Waals surface area contributed by atoms with Crippen LogP contribution in [0.3, 0.4) is 0 Å². The predicted octanol–water partition coefficient (Wildman–Crippen LogP) is 4.25. The minimum atomic E-state index is -3.59. The number of carbonyl (C=O) groups excluding carboxylic acids is 1. The van der Waals surface area contributed by atoms with Crippen molar-refractivity contribution in [3.8, 4) is 5.75 Å². The van der Waals surface area contributed by atoms with E-state index < -0.39 is 15.9 Å². The molecule has 0 atom stereocenters. The summed E-state index contributed by atoms with van der Waals surface area (Å²) in [5.74, 6) is 0.194. The molecule has 2 aromatic rings. The molecule has 2 N–H and O–H groups in total. The average Bonchev–Trinajstić information content (AvgIpc) is 2.63. The summed E-state index contributed by atoms with van der Waals surface area (Å²) in [6, 6.07) is 9.38. The topological polar surface area (TPSA) is 84.5 Å². The van der Waals surface area contributed by atoms with Gasteiger partial charge in [0.2, 0.25) is 10.0 Å². The number of carbonyl (C=O) groups is 1. The van der Waals surface area contributed by atoms with Crippen LogP contribution in [0.25, 0.3) is 0 Å². The van der Waals surface area contributed by atoms with Crippen molar-refractivity contribution < 1.29 is 17.9 Å². The van der Waals surface area contributed by atoms with Gasteiger partial charge in [-0.3, -0.25) is 4.79 Å². The fourth-order valence-corrected chi connectivity index (χ4v) is 3.89. The molecule has 0 aliphatic rings. The Bertz CT molecular complexity index is 962. The number of anilines is 1. The highest BCUT2D eigenvalue weighted by molar-refractivity contribution is 7.89. The van der Waals surface area contributed by atoms with Gasteiger partial charge in [-0.05, 0) is 48.7 Å². The summed E-state index contributed by atoms with van der Waals surface area (Å²) in [5.41, 5.74) is 0.984. The Morgan fingerprint density at radius 3 is 2.54 bits per heavy atom. The summed E-state index contributed by atoms with van der Waals surface area (Å²) in [6.07, 6.45) is 0. The van der Waals surface area contributed by atoms with E-state index in [0.717, 1.165) is 0 Å². The number of hydrogen-bond acceptors (Lipinski definition) is 4. The fourth-order valence-electron chi connectivity index (χ4n) is 2.24. The Morgan fingerprint density at radius 2 is 1.89 bits per heavy atom. The van der Waals surface area contributed by atoms with Gasteiger partial charge in [0, 0.05) is 6.54 Å². The van der Waals surface area contributed by atoms with Gasteiger partial charge in [0.05, 0.1) is 20.6 Å². The molecule has 6 nitrogen and oxygen atoms in total. The Hall–Kier alpha value is -1.80. The van der Waals surface area contributed by atoms with Gasteiger partial charge in [0.25, 0.3) is 5.91 Å². The molecule has 28 heavy (non-hydrogen) atoms. The Morgan fingerprint density at radius 1 is 1.18 bits per heavy atom. The van der Waals surface area contributed by atoms with Crippen LogP contribution in [0.15, 0.2) is 41.3 Å². The van der Waals surface area contributed by atoms with Crippen molar-refractivity contribution in [1.82, 2.24) is 4.72 Å². The number of hydrogen-bond donors (Lipinski definition) is 2. The largest absolute Gasteiger partial charge is 0.483 e. The maximum atomic E-state index is 12.3. The van der Waals surface area contributed by atoms with Crippen molar-refractivity contribution in [3.63, 3.8) is 0 Å². The molecule has 0 aliphatic carbocycles. The third kappa shape index (κ3) is 6.10. The molecule has 9 heteroatoms. The first-order valence-electron chi connectivity index (χ1n) is 8.57. The van der Waals surface area contributed by atoms with E-state index >= 15 is 0 Å². The molecule has 0 fully saturated rings. The van der Waals surface area contributed by atoms with Crippen LogP contribution in [0.1, 0.15) is 19.4 Å². The number of benzene rings is 2. The molecular weight excluding hydrogens is 423 g/mol. The van der Waals surface area contributed by atoms with Gasteiger partial charge >= 0.3 is 0 Å². The van der Waals surface area contributed by atoms with E-state index in [1.807, 2.05) is 13.8 Å². The minimum absolute atomic E-state index is 0.146. The number of sulfonamides is 1. The Labute approximate surface area is 175 Å². The van der Waals surface area contributed by atoms with Gasteiger partial charge in [0.15, 0.2) is 6.61 Å². The van der Waals surface area contributed by atoms with E-state index in [2.05, 4.69) is 10.0 Å². The third-order valence-electron chi connectivity index (χ3n) is 3.72. The highest BCUT2D eigenvalue weighted by Crippen LogP contribution is 2.29. The number of aryl methyl sites for hydroxylation is 1. The molecule has 0 aliphatic heterocycles. The first-order chi connectivity index (χ1) is 13.1. The molecule has 152 valence electrons. The lowest BCUT2D eigenvalue weighted by molar-refractivity contribution is -0.118. The molecule has 2 aromatic carbocycles. The lowest BCUT2D eigenvalue weighted by Gasteiger charge is -2.13. The van der Waals surface area contributed by atoms with Crippen molar-refractivity contribution in [2.24, 2.45) is 5.92 Å². The van der Waals surface area contributed by atoms with Crippen LogP contribution in [-0.4, -0.2) is 27.5 Å². The van der Waals surface area contributed by atoms with Gasteiger partial charge in [-0.25, -0.2) is 13.1 Å². The number of rotatable bonds is 8. The molecule has 0 unspecified atom stereocenters. The van der Waals surface area contributed by atoms with Gasteiger partial charge in [-0.1, -0.05) is 43.1 Å². The summed E-state index contributed by atoms with van der Waals surface area (Å²) < 4.78 is 32.6. The van der Waals surface area contributed by atoms with Crippen molar-refractivity contribution in [2.75, 3.05) is 18.5 Å². The van der Waals surface area contributed by atoms with E-state index in [-0.39, 0.29) is 22.4 Å². The first-order valence-corrected chi connectivity index (χ1v) is 10.8. The number of ether oxygens (including phenoxy) is 1. The van der Waals surface area contributed by atoms with Crippen LogP contribution in [0.2, 0.25) is 10.0 Å². The zero-order valence-electron chi connectivity index (χ0n) is 15.8. The quantitative estimate of drug-likeness (QED) is 0.636. The first kappa shape index (κ1) is 22.5. The van der Waals surface area contributed by atoms with Gasteiger partial charge < -0.3 is 10.1 Å². The molecule has 0 spiro atoms. The van der Waals surface area contributed by atoms with Crippen LogP contribution in [0.4, 0.5) is 5.69 Å². The molecular formula is C19H22Cl2N2O4S. The highest BCUT2D eigenvalue weighted by Gasteiger charge is 2.16. The van der Waals surface area contributed by atoms with Gasteiger partial charge in [-0.2, -0.15) is 0 Å². The molecule has 0 bridgehead atoms. The normalized spacial score (nSPS) is 11.5. The van der Waals surface area contributed by atoms with Crippen LogP contribution < -0.4 is 14.8 Å². The van der Waals surface area contributed by atoms with Crippen LogP contribution in [0, 0.1) is 12.8 Å². The van der Waals surface area contributed by atoms with Crippen molar-refractivity contribution in [1.29, 1.82) is 0 Å². The predicted molar refractivity (Wildman–Crippen MR) is 112 cm³/mol. The van der Waals surface area contributed by atoms with Crippen LogP contribution >= 0.6 is 23.2 Å². The monoisotopic (exact) mass is 444 g/mol. The molecule has 0 heterocycles. The molecule has 0 saturated carbocycles. The molecule has 2 rings (SSSR count). The zero-order chi connectivity index (χ0) is 20.9. The van der Waals surface area contributed by atoms with Crippen LogP contribution in [-0.2, 0) is 14.8 Å². The van der Waals surface area contributed by atoms with E-state index in [0.29, 0.717) is 28.6 Å². The van der Waals surface area contributed by atoms with E-state index in [4.69, 9.17) is 27.9 Å². The number of nitrogens with one attached hydrogen (secondary N) is 2. The van der Waals surface area contributed by atoms with Gasteiger partial charge in [0.1, 0.15) is 5.75 Å². The molecule has 1 amide bonds. The average molecular weight is 445 g/mol. The second kappa shape index (κ2) is 9.60. The van der Waals surface area contributed by atoms with Gasteiger partial charge in [-0.15, -0.1) is 0 Å². The SMILES string of the molecule is Cc1cc(S(=O)(=O)NCC(C)C)ccc1OCC(=O)Nc1cccc(Cl)c1Cl. The summed E-state index contributed by atoms with van der Waals surface area (Å²) in [5, 5.41) is 3.20. The van der Waals surface area contributed by atoms with E-state index in [9.17, 15) is 13.2 Å². The Kier molecular flexibility index (Phi) is 7.71. The standard InChI is InChI=1S/C19H22Cl2N2O4S/c1-12(2)10-22-28(25,26)14-7-8-17(13(3)9-14)27-11-18(24)23-16-6-4-5-15(20)19(16)21/h4-9,12,22H,10-11H2,1-3H3,(H,23,24). The summed E-state index contributed by atoms with van der Waals surface area (Å²) in [6.45, 7) is 5.65. The van der Waals surface area contributed by atoms with E-state index in [1.54, 1.807) is 25.1 Å². The number of halogens is 2. The Balaban J connectivity index is 2.01. The van der Waals surface area contributed by atoms with Crippen molar-refractivity contribution in [3.05, 3.63) is 52.0 Å². The van der Waals surface area contributed by atoms with Crippen molar-refractivity contribution >= 4 is 44.8 Å². The maximum absolute atomic E-state index is 12.3. The zero-order valence-corrected chi connectivity index (χ0v) is 18.1. The highest BCUT2D eigenvalue weighted by atomic mass is 35.5. The summed E-state index contributed by atoms with van der Waals surface area (Å²) in [7, 11) is -3.59. The van der Waals surface area contributed by atoms with E-state index in [1.165, 1.54) is 18.2 Å². The maximum Gasteiger partial charge on any atom is 0.262 e. The molecule has 0 aromatic heterocycles. The van der Waals surface area contributed by atoms with Crippen LogP contribution in [0.5, 0.6) is 5.75 Å². The lowest BCUT2D eigenvalue weighted by Crippen LogP contribution is -2.27. The summed E-state index contributed by atoms with van der Waals surface area (Å²) >= 11 is 11.9. The number of amides is 1. The second-order valence-electron chi connectivity index (χ2n) is 6.61. The fraction of sp³-hybridized carbons (Fsp3) is 0.316. The lowest BCUT2D eigenvalue weighted by atomic mass is 10.2. The smallest absolute Gasteiger partial charge is 0.262 e. The molecule has 0 radical (unpaired) electrons. The van der Waals surface area contributed by atoms with Crippen molar-refractivity contribution in [2.45, 2.75) is 25.7 Å². The second-order valence-corrected chi connectivity index (χ2v) is 9.16. The third-order valence-corrected chi connectivity index (χ3v) is 5.96. The minimum Gasteiger partial charge on any atom is -0.483 e.